The van der Waals surface area contributed by atoms with Crippen LogP contribution in [-0.2, 0) is 4.79 Å². The molecule has 0 heterocycles. The van der Waals surface area contributed by atoms with Gasteiger partial charge in [0.1, 0.15) is 0 Å². The fourth-order valence-electron chi connectivity index (χ4n) is 1.90. The molecule has 0 fully saturated rings. The first-order chi connectivity index (χ1) is 10.3. The Balaban J connectivity index is 2.54. The summed E-state index contributed by atoms with van der Waals surface area (Å²) in [5.74, 6) is -0.567. The largest absolute Gasteiger partial charge is 0.396 e. The lowest BCUT2D eigenvalue weighted by Crippen LogP contribution is -2.44. The van der Waals surface area contributed by atoms with E-state index in [2.05, 4.69) is 10.6 Å². The van der Waals surface area contributed by atoms with E-state index in [1.165, 1.54) is 12.1 Å². The van der Waals surface area contributed by atoms with Gasteiger partial charge in [-0.15, -0.1) is 0 Å². The first kappa shape index (κ1) is 18.7. The molecule has 1 unspecified atom stereocenters. The topological polar surface area (TPSA) is 78.4 Å². The Kier molecular flexibility index (Phi) is 7.65. The summed E-state index contributed by atoms with van der Waals surface area (Å²) in [4.78, 5) is 23.8. The Morgan fingerprint density at radius 2 is 1.95 bits per heavy atom. The van der Waals surface area contributed by atoms with Crippen molar-refractivity contribution in [3.05, 3.63) is 33.8 Å². The van der Waals surface area contributed by atoms with E-state index in [1.807, 2.05) is 13.8 Å². The minimum absolute atomic E-state index is 0.00410. The summed E-state index contributed by atoms with van der Waals surface area (Å²) < 4.78 is 0. The molecule has 0 aliphatic heterocycles. The average molecular weight is 347 g/mol. The number of benzene rings is 1. The Morgan fingerprint density at radius 3 is 2.50 bits per heavy atom. The van der Waals surface area contributed by atoms with E-state index < -0.39 is 5.91 Å². The highest BCUT2D eigenvalue weighted by atomic mass is 35.5. The summed E-state index contributed by atoms with van der Waals surface area (Å²) in [5, 5.41) is 14.9. The van der Waals surface area contributed by atoms with Crippen LogP contribution in [0.5, 0.6) is 0 Å². The van der Waals surface area contributed by atoms with Gasteiger partial charge in [0.15, 0.2) is 0 Å². The first-order valence-electron chi connectivity index (χ1n) is 6.98. The number of carbonyl (C=O) groups excluding carboxylic acids is 2. The van der Waals surface area contributed by atoms with E-state index in [-0.39, 0.29) is 41.6 Å². The molecule has 0 saturated carbocycles. The Labute approximate surface area is 140 Å². The highest BCUT2D eigenvalue weighted by Gasteiger charge is 2.17. The van der Waals surface area contributed by atoms with Crippen molar-refractivity contribution in [2.75, 3.05) is 13.2 Å². The molecule has 1 atom stereocenters. The van der Waals surface area contributed by atoms with Crippen molar-refractivity contribution in [2.45, 2.75) is 26.3 Å². The molecule has 0 aliphatic rings. The Morgan fingerprint density at radius 1 is 1.27 bits per heavy atom. The zero-order valence-corrected chi connectivity index (χ0v) is 14.0. The summed E-state index contributed by atoms with van der Waals surface area (Å²) in [6, 6.07) is 4.39. The van der Waals surface area contributed by atoms with Crippen LogP contribution in [0.3, 0.4) is 0 Å². The van der Waals surface area contributed by atoms with Crippen LogP contribution in [0.2, 0.25) is 10.0 Å². The van der Waals surface area contributed by atoms with Gasteiger partial charge >= 0.3 is 0 Å². The van der Waals surface area contributed by atoms with Gasteiger partial charge in [-0.25, -0.2) is 0 Å². The molecule has 1 rings (SSSR count). The molecule has 2 amide bonds. The van der Waals surface area contributed by atoms with Crippen LogP contribution in [0, 0.1) is 5.92 Å². The molecule has 1 aromatic rings. The van der Waals surface area contributed by atoms with Gasteiger partial charge in [-0.05, 0) is 30.5 Å². The van der Waals surface area contributed by atoms with Crippen molar-refractivity contribution < 1.29 is 14.7 Å². The zero-order chi connectivity index (χ0) is 16.7. The number of nitrogens with one attached hydrogen (secondary N) is 2. The fourth-order valence-corrected chi connectivity index (χ4v) is 2.39. The Bertz CT molecular complexity index is 536. The molecule has 0 aliphatic carbocycles. The van der Waals surface area contributed by atoms with Gasteiger partial charge in [0.05, 0.1) is 17.1 Å². The Hall–Kier alpha value is -1.30. The second-order valence-electron chi connectivity index (χ2n) is 5.24. The lowest BCUT2D eigenvalue weighted by molar-refractivity contribution is -0.121. The van der Waals surface area contributed by atoms with E-state index in [9.17, 15) is 9.59 Å². The maximum Gasteiger partial charge on any atom is 0.253 e. The molecular weight excluding hydrogens is 327 g/mol. The van der Waals surface area contributed by atoms with Crippen molar-refractivity contribution in [1.29, 1.82) is 0 Å². The van der Waals surface area contributed by atoms with Crippen LogP contribution in [0.4, 0.5) is 0 Å². The van der Waals surface area contributed by atoms with Gasteiger partial charge in [-0.2, -0.15) is 0 Å². The molecule has 0 saturated heterocycles. The third kappa shape index (κ3) is 5.83. The van der Waals surface area contributed by atoms with Crippen LogP contribution in [0.15, 0.2) is 18.2 Å². The summed E-state index contributed by atoms with van der Waals surface area (Å²) in [6.45, 7) is 3.74. The maximum absolute atomic E-state index is 12.0. The lowest BCUT2D eigenvalue weighted by atomic mass is 10.0. The normalized spacial score (nSPS) is 12.1. The summed E-state index contributed by atoms with van der Waals surface area (Å²) in [5.41, 5.74) is 0.259. The van der Waals surface area contributed by atoms with E-state index >= 15 is 0 Å². The third-order valence-electron chi connectivity index (χ3n) is 3.18. The predicted molar refractivity (Wildman–Crippen MR) is 87.3 cm³/mol. The lowest BCUT2D eigenvalue weighted by Gasteiger charge is -2.21. The smallest absolute Gasteiger partial charge is 0.253 e. The van der Waals surface area contributed by atoms with Gasteiger partial charge < -0.3 is 15.7 Å². The quantitative estimate of drug-likeness (QED) is 0.708. The monoisotopic (exact) mass is 346 g/mol. The van der Waals surface area contributed by atoms with E-state index in [4.69, 9.17) is 28.3 Å². The molecule has 3 N–H and O–H groups in total. The number of aliphatic hydroxyl groups excluding tert-OH is 1. The molecule has 5 nitrogen and oxygen atoms in total. The number of rotatable bonds is 7. The summed E-state index contributed by atoms with van der Waals surface area (Å²) in [7, 11) is 0. The second-order valence-corrected chi connectivity index (χ2v) is 6.08. The first-order valence-corrected chi connectivity index (χ1v) is 7.74. The minimum Gasteiger partial charge on any atom is -0.396 e. The van der Waals surface area contributed by atoms with Gasteiger partial charge in [0.25, 0.3) is 5.91 Å². The minimum atomic E-state index is -0.444. The van der Waals surface area contributed by atoms with Crippen molar-refractivity contribution in [1.82, 2.24) is 10.6 Å². The molecule has 0 bridgehead atoms. The molecule has 7 heteroatoms. The average Bonchev–Trinajstić information content (AvgIpc) is 2.44. The van der Waals surface area contributed by atoms with E-state index in [0.717, 1.165) is 0 Å². The molecule has 22 heavy (non-hydrogen) atoms. The molecule has 1 aromatic carbocycles. The van der Waals surface area contributed by atoms with Crippen LogP contribution in [0.1, 0.15) is 30.6 Å². The molecule has 0 aromatic heterocycles. The maximum atomic E-state index is 12.0. The van der Waals surface area contributed by atoms with E-state index in [1.54, 1.807) is 6.07 Å². The van der Waals surface area contributed by atoms with Crippen molar-refractivity contribution in [2.24, 2.45) is 5.92 Å². The highest BCUT2D eigenvalue weighted by Crippen LogP contribution is 2.20. The van der Waals surface area contributed by atoms with Crippen molar-refractivity contribution in [3.63, 3.8) is 0 Å². The second kappa shape index (κ2) is 8.98. The van der Waals surface area contributed by atoms with Crippen LogP contribution in [0.25, 0.3) is 0 Å². The van der Waals surface area contributed by atoms with Crippen LogP contribution < -0.4 is 10.6 Å². The van der Waals surface area contributed by atoms with Gasteiger partial charge in [-0.3, -0.25) is 9.59 Å². The number of hydrogen-bond acceptors (Lipinski definition) is 3. The molecular formula is C15H20Cl2N2O3. The van der Waals surface area contributed by atoms with Crippen LogP contribution >= 0.6 is 23.2 Å². The number of carbonyl (C=O) groups is 2. The number of hydrogen-bond donors (Lipinski definition) is 3. The van der Waals surface area contributed by atoms with Crippen molar-refractivity contribution in [3.8, 4) is 0 Å². The SMILES string of the molecule is CC(C)C(CCO)NC(=O)CNC(=O)c1ccc(Cl)cc1Cl. The molecule has 0 spiro atoms. The van der Waals surface area contributed by atoms with Gasteiger partial charge in [0.2, 0.25) is 5.91 Å². The molecule has 0 radical (unpaired) electrons. The standard InChI is InChI=1S/C15H20Cl2N2O3/c1-9(2)13(5-6-20)19-14(21)8-18-15(22)11-4-3-10(16)7-12(11)17/h3-4,7,9,13,20H,5-6,8H2,1-2H3,(H,18,22)(H,19,21). The zero-order valence-electron chi connectivity index (χ0n) is 12.5. The van der Waals surface area contributed by atoms with Crippen LogP contribution in [-0.4, -0.2) is 36.1 Å². The third-order valence-corrected chi connectivity index (χ3v) is 3.72. The number of aliphatic hydroxyl groups is 1. The van der Waals surface area contributed by atoms with Gasteiger partial charge in [0, 0.05) is 17.7 Å². The summed E-state index contributed by atoms with van der Waals surface area (Å²) in [6.07, 6.45) is 0.473. The van der Waals surface area contributed by atoms with E-state index in [0.29, 0.717) is 11.4 Å². The number of halogens is 2. The summed E-state index contributed by atoms with van der Waals surface area (Å²) >= 11 is 11.7. The molecule has 122 valence electrons. The number of amides is 2. The fraction of sp³-hybridized carbons (Fsp3) is 0.467. The predicted octanol–water partition coefficient (Wildman–Crippen LogP) is 2.25. The van der Waals surface area contributed by atoms with Gasteiger partial charge in [-0.1, -0.05) is 37.0 Å². The van der Waals surface area contributed by atoms with Crippen molar-refractivity contribution >= 4 is 35.0 Å². The highest BCUT2D eigenvalue weighted by molar-refractivity contribution is 6.36.